The summed E-state index contributed by atoms with van der Waals surface area (Å²) in [6.07, 6.45) is 0. The normalized spacial score (nSPS) is 16.4. The Morgan fingerprint density at radius 1 is 1.25 bits per heavy atom. The van der Waals surface area contributed by atoms with Gasteiger partial charge in [0.25, 0.3) is 0 Å². The van der Waals surface area contributed by atoms with Crippen LogP contribution in [0.15, 0.2) is 36.4 Å². The fourth-order valence-corrected chi connectivity index (χ4v) is 2.56. The largest absolute Gasteiger partial charge is 0.384 e. The van der Waals surface area contributed by atoms with Gasteiger partial charge in [-0.05, 0) is 37.6 Å². The maximum absolute atomic E-state index is 12.4. The topological polar surface area (TPSA) is 54.0 Å². The maximum atomic E-state index is 12.4. The van der Waals surface area contributed by atoms with Crippen LogP contribution in [-0.4, -0.2) is 17.4 Å². The standard InChI is InChI=1S/C16H17N3O/c1-10-7-8-14(11(2)18-10)19-16(20)13-9-17-15-6-4-3-5-12(13)15/h3-8,13,17H,9H2,1-2H3,(H,19,20). The van der Waals surface area contributed by atoms with E-state index in [0.29, 0.717) is 6.54 Å². The number of para-hydroxylation sites is 1. The second kappa shape index (κ2) is 4.96. The number of nitrogens with zero attached hydrogens (tertiary/aromatic N) is 1. The van der Waals surface area contributed by atoms with E-state index < -0.39 is 0 Å². The van der Waals surface area contributed by atoms with Crippen LogP contribution in [-0.2, 0) is 4.79 Å². The molecule has 0 saturated carbocycles. The van der Waals surface area contributed by atoms with Gasteiger partial charge in [0.1, 0.15) is 0 Å². The van der Waals surface area contributed by atoms with Gasteiger partial charge >= 0.3 is 0 Å². The van der Waals surface area contributed by atoms with Crippen LogP contribution < -0.4 is 10.6 Å². The molecule has 0 saturated heterocycles. The lowest BCUT2D eigenvalue weighted by Crippen LogP contribution is -2.23. The van der Waals surface area contributed by atoms with E-state index in [1.165, 1.54) is 0 Å². The number of nitrogens with one attached hydrogen (secondary N) is 2. The van der Waals surface area contributed by atoms with Crippen molar-refractivity contribution in [2.45, 2.75) is 19.8 Å². The molecule has 1 aliphatic heterocycles. The first kappa shape index (κ1) is 12.7. The molecule has 102 valence electrons. The van der Waals surface area contributed by atoms with E-state index in [1.807, 2.05) is 50.2 Å². The van der Waals surface area contributed by atoms with Crippen molar-refractivity contribution in [3.63, 3.8) is 0 Å². The fraction of sp³-hybridized carbons (Fsp3) is 0.250. The number of anilines is 2. The number of carbonyl (C=O) groups is 1. The molecule has 1 aliphatic rings. The molecule has 1 aromatic heterocycles. The highest BCUT2D eigenvalue weighted by molar-refractivity contribution is 5.98. The Kier molecular flexibility index (Phi) is 3.14. The van der Waals surface area contributed by atoms with Gasteiger partial charge in [-0.15, -0.1) is 0 Å². The second-order valence-corrected chi connectivity index (χ2v) is 5.10. The third-order valence-electron chi connectivity index (χ3n) is 3.63. The Morgan fingerprint density at radius 2 is 2.05 bits per heavy atom. The van der Waals surface area contributed by atoms with E-state index in [2.05, 4.69) is 15.6 Å². The predicted octanol–water partition coefficient (Wildman–Crippen LogP) is 2.85. The highest BCUT2D eigenvalue weighted by atomic mass is 16.1. The molecule has 20 heavy (non-hydrogen) atoms. The zero-order valence-electron chi connectivity index (χ0n) is 11.6. The van der Waals surface area contributed by atoms with Gasteiger partial charge in [0, 0.05) is 17.9 Å². The van der Waals surface area contributed by atoms with Crippen LogP contribution in [0, 0.1) is 13.8 Å². The number of hydrogen-bond acceptors (Lipinski definition) is 3. The third kappa shape index (κ3) is 2.25. The van der Waals surface area contributed by atoms with Crippen molar-refractivity contribution in [2.24, 2.45) is 0 Å². The van der Waals surface area contributed by atoms with E-state index in [1.54, 1.807) is 0 Å². The number of aryl methyl sites for hydroxylation is 2. The Morgan fingerprint density at radius 3 is 2.85 bits per heavy atom. The van der Waals surface area contributed by atoms with E-state index in [9.17, 15) is 4.79 Å². The van der Waals surface area contributed by atoms with Crippen LogP contribution in [0.5, 0.6) is 0 Å². The SMILES string of the molecule is Cc1ccc(NC(=O)C2CNc3ccccc32)c(C)n1. The molecule has 0 aliphatic carbocycles. The molecule has 2 N–H and O–H groups in total. The molecule has 2 aromatic rings. The van der Waals surface area contributed by atoms with Gasteiger partial charge in [-0.25, -0.2) is 0 Å². The van der Waals surface area contributed by atoms with Gasteiger partial charge < -0.3 is 10.6 Å². The summed E-state index contributed by atoms with van der Waals surface area (Å²) in [7, 11) is 0. The van der Waals surface area contributed by atoms with Crippen molar-refractivity contribution in [3.8, 4) is 0 Å². The first-order chi connectivity index (χ1) is 9.65. The molecule has 1 unspecified atom stereocenters. The minimum Gasteiger partial charge on any atom is -0.384 e. The Balaban J connectivity index is 1.81. The molecule has 0 bridgehead atoms. The van der Waals surface area contributed by atoms with Gasteiger partial charge in [-0.2, -0.15) is 0 Å². The quantitative estimate of drug-likeness (QED) is 0.879. The number of hydrogen-bond donors (Lipinski definition) is 2. The Labute approximate surface area is 118 Å². The maximum Gasteiger partial charge on any atom is 0.233 e. The summed E-state index contributed by atoms with van der Waals surface area (Å²) in [4.78, 5) is 16.8. The van der Waals surface area contributed by atoms with Gasteiger partial charge in [0.2, 0.25) is 5.91 Å². The van der Waals surface area contributed by atoms with Crippen LogP contribution >= 0.6 is 0 Å². The number of aromatic nitrogens is 1. The van der Waals surface area contributed by atoms with Crippen LogP contribution in [0.1, 0.15) is 22.9 Å². The number of pyridine rings is 1. The molecule has 1 atom stereocenters. The van der Waals surface area contributed by atoms with Crippen molar-refractivity contribution in [1.29, 1.82) is 0 Å². The van der Waals surface area contributed by atoms with Crippen molar-refractivity contribution in [3.05, 3.63) is 53.3 Å². The van der Waals surface area contributed by atoms with Gasteiger partial charge in [-0.1, -0.05) is 18.2 Å². The van der Waals surface area contributed by atoms with Gasteiger partial charge in [-0.3, -0.25) is 9.78 Å². The summed E-state index contributed by atoms with van der Waals surface area (Å²) in [5.74, 6) is -0.136. The molecule has 4 heteroatoms. The monoisotopic (exact) mass is 267 g/mol. The van der Waals surface area contributed by atoms with E-state index in [-0.39, 0.29) is 11.8 Å². The first-order valence-corrected chi connectivity index (χ1v) is 6.73. The van der Waals surface area contributed by atoms with Crippen molar-refractivity contribution in [2.75, 3.05) is 17.2 Å². The third-order valence-corrected chi connectivity index (χ3v) is 3.63. The van der Waals surface area contributed by atoms with Crippen molar-refractivity contribution >= 4 is 17.3 Å². The minimum atomic E-state index is -0.146. The van der Waals surface area contributed by atoms with E-state index in [4.69, 9.17) is 0 Å². The lowest BCUT2D eigenvalue weighted by molar-refractivity contribution is -0.117. The van der Waals surface area contributed by atoms with Crippen LogP contribution in [0.25, 0.3) is 0 Å². The Bertz CT molecular complexity index is 667. The zero-order chi connectivity index (χ0) is 14.1. The molecule has 2 heterocycles. The molecule has 0 fully saturated rings. The summed E-state index contributed by atoms with van der Waals surface area (Å²) in [5.41, 5.74) is 4.69. The highest BCUT2D eigenvalue weighted by Gasteiger charge is 2.28. The smallest absolute Gasteiger partial charge is 0.233 e. The summed E-state index contributed by atoms with van der Waals surface area (Å²) in [6.45, 7) is 4.49. The predicted molar refractivity (Wildman–Crippen MR) is 80.0 cm³/mol. The minimum absolute atomic E-state index is 0.0104. The summed E-state index contributed by atoms with van der Waals surface area (Å²) >= 11 is 0. The molecule has 1 amide bonds. The molecule has 0 spiro atoms. The average molecular weight is 267 g/mol. The number of benzene rings is 1. The molecular weight excluding hydrogens is 250 g/mol. The Hall–Kier alpha value is -2.36. The first-order valence-electron chi connectivity index (χ1n) is 6.73. The molecule has 1 aromatic carbocycles. The van der Waals surface area contributed by atoms with Gasteiger partial charge in [0.05, 0.1) is 17.3 Å². The molecular formula is C16H17N3O. The average Bonchev–Trinajstić information content (AvgIpc) is 2.86. The summed E-state index contributed by atoms with van der Waals surface area (Å²) in [5, 5.41) is 6.24. The second-order valence-electron chi connectivity index (χ2n) is 5.10. The number of fused-ring (bicyclic) bond motifs is 1. The summed E-state index contributed by atoms with van der Waals surface area (Å²) < 4.78 is 0. The van der Waals surface area contributed by atoms with Crippen molar-refractivity contribution < 1.29 is 4.79 Å². The van der Waals surface area contributed by atoms with Crippen LogP contribution in [0.4, 0.5) is 11.4 Å². The number of amides is 1. The zero-order valence-corrected chi connectivity index (χ0v) is 11.6. The summed E-state index contributed by atoms with van der Waals surface area (Å²) in [6, 6.07) is 11.7. The number of carbonyl (C=O) groups excluding carboxylic acids is 1. The van der Waals surface area contributed by atoms with Crippen molar-refractivity contribution in [1.82, 2.24) is 4.98 Å². The lowest BCUT2D eigenvalue weighted by atomic mass is 10.0. The molecule has 0 radical (unpaired) electrons. The number of rotatable bonds is 2. The molecule has 4 nitrogen and oxygen atoms in total. The van der Waals surface area contributed by atoms with Crippen LogP contribution in [0.2, 0.25) is 0 Å². The van der Waals surface area contributed by atoms with E-state index >= 15 is 0 Å². The van der Waals surface area contributed by atoms with E-state index in [0.717, 1.165) is 28.3 Å². The highest BCUT2D eigenvalue weighted by Crippen LogP contribution is 2.31. The van der Waals surface area contributed by atoms with Gasteiger partial charge in [0.15, 0.2) is 0 Å². The fourth-order valence-electron chi connectivity index (χ4n) is 2.56. The molecule has 3 rings (SSSR count). The van der Waals surface area contributed by atoms with Crippen LogP contribution in [0.3, 0.4) is 0 Å². The lowest BCUT2D eigenvalue weighted by Gasteiger charge is -2.13.